The maximum absolute atomic E-state index is 2.20. The molecule has 0 bridgehead atoms. The minimum Gasteiger partial charge on any atom is -0.378 e. The topological polar surface area (TPSA) is 3.24 Å². The number of benzene rings is 3. The van der Waals surface area contributed by atoms with Gasteiger partial charge >= 0.3 is 0 Å². The lowest BCUT2D eigenvalue weighted by molar-refractivity contribution is 1.13. The summed E-state index contributed by atoms with van der Waals surface area (Å²) in [5.74, 6) is 1.27. The van der Waals surface area contributed by atoms with E-state index in [1.807, 2.05) is 0 Å². The van der Waals surface area contributed by atoms with Gasteiger partial charge in [0.15, 0.2) is 0 Å². The minimum absolute atomic E-state index is 1.21. The van der Waals surface area contributed by atoms with Crippen molar-refractivity contribution in [2.24, 2.45) is 0 Å². The molecule has 22 heavy (non-hydrogen) atoms. The number of rotatable bonds is 4. The highest BCUT2D eigenvalue weighted by Gasteiger charge is 2.17. The van der Waals surface area contributed by atoms with Crippen LogP contribution in [-0.4, -0.2) is 14.1 Å². The third kappa shape index (κ3) is 3.04. The SMILES string of the molecule is CN(C)c1ccc([C](c2ccccc2)c2ccccc2)cc1. The molecule has 0 heterocycles. The van der Waals surface area contributed by atoms with Crippen molar-refractivity contribution in [1.29, 1.82) is 0 Å². The van der Waals surface area contributed by atoms with Gasteiger partial charge in [0.2, 0.25) is 0 Å². The zero-order valence-electron chi connectivity index (χ0n) is 13.0. The molecule has 0 N–H and O–H groups in total. The molecule has 3 aromatic carbocycles. The van der Waals surface area contributed by atoms with Crippen LogP contribution in [0.25, 0.3) is 0 Å². The Balaban J connectivity index is 2.06. The van der Waals surface area contributed by atoms with Crippen LogP contribution in [-0.2, 0) is 0 Å². The summed E-state index contributed by atoms with van der Waals surface area (Å²) < 4.78 is 0. The van der Waals surface area contributed by atoms with Gasteiger partial charge in [-0.2, -0.15) is 0 Å². The first-order valence-electron chi connectivity index (χ1n) is 7.51. The van der Waals surface area contributed by atoms with Crippen LogP contribution in [0.1, 0.15) is 16.7 Å². The second-order valence-electron chi connectivity index (χ2n) is 5.55. The number of anilines is 1. The van der Waals surface area contributed by atoms with Crippen molar-refractivity contribution in [2.45, 2.75) is 0 Å². The molecule has 0 aliphatic heterocycles. The molecule has 0 aliphatic carbocycles. The Morgan fingerprint density at radius 2 is 0.955 bits per heavy atom. The van der Waals surface area contributed by atoms with Gasteiger partial charge < -0.3 is 4.90 Å². The smallest absolute Gasteiger partial charge is 0.0629 e. The summed E-state index contributed by atoms with van der Waals surface area (Å²) in [7, 11) is 4.13. The van der Waals surface area contributed by atoms with Crippen molar-refractivity contribution in [2.75, 3.05) is 19.0 Å². The first-order valence-corrected chi connectivity index (χ1v) is 7.51. The zero-order valence-corrected chi connectivity index (χ0v) is 13.0. The number of hydrogen-bond donors (Lipinski definition) is 0. The molecule has 0 atom stereocenters. The van der Waals surface area contributed by atoms with Gasteiger partial charge in [0.25, 0.3) is 0 Å². The van der Waals surface area contributed by atoms with Gasteiger partial charge in [0, 0.05) is 19.8 Å². The number of nitrogens with zero attached hydrogens (tertiary/aromatic N) is 1. The molecule has 1 nitrogen and oxygen atoms in total. The highest BCUT2D eigenvalue weighted by atomic mass is 15.1. The van der Waals surface area contributed by atoms with Crippen molar-refractivity contribution in [1.82, 2.24) is 0 Å². The second kappa shape index (κ2) is 6.48. The first-order chi connectivity index (χ1) is 10.8. The third-order valence-corrected chi connectivity index (χ3v) is 3.80. The van der Waals surface area contributed by atoms with Gasteiger partial charge in [-0.3, -0.25) is 0 Å². The van der Waals surface area contributed by atoms with Crippen LogP contribution in [0, 0.1) is 5.92 Å². The lowest BCUT2D eigenvalue weighted by atomic mass is 9.85. The Morgan fingerprint density at radius 1 is 0.545 bits per heavy atom. The van der Waals surface area contributed by atoms with Crippen molar-refractivity contribution >= 4 is 5.69 Å². The summed E-state index contributed by atoms with van der Waals surface area (Å²) >= 11 is 0. The summed E-state index contributed by atoms with van der Waals surface area (Å²) in [5.41, 5.74) is 4.94. The Bertz CT molecular complexity index is 660. The maximum Gasteiger partial charge on any atom is 0.0629 e. The molecular formula is C21H20N. The molecule has 1 radical (unpaired) electrons. The Kier molecular flexibility index (Phi) is 4.24. The summed E-state index contributed by atoms with van der Waals surface area (Å²) in [6.07, 6.45) is 0. The second-order valence-corrected chi connectivity index (χ2v) is 5.55. The Hall–Kier alpha value is -2.54. The van der Waals surface area contributed by atoms with Crippen molar-refractivity contribution in [3.8, 4) is 0 Å². The standard InChI is InChI=1S/C21H20N/c1-22(2)20-15-13-19(14-16-20)21(17-9-5-3-6-10-17)18-11-7-4-8-12-18/h3-16H,1-2H3. The van der Waals surface area contributed by atoms with Crippen LogP contribution in [0.5, 0.6) is 0 Å². The van der Waals surface area contributed by atoms with Gasteiger partial charge in [0.05, 0.1) is 5.92 Å². The van der Waals surface area contributed by atoms with Crippen LogP contribution in [0.4, 0.5) is 5.69 Å². The van der Waals surface area contributed by atoms with Gasteiger partial charge in [-0.15, -0.1) is 0 Å². The third-order valence-electron chi connectivity index (χ3n) is 3.80. The molecular weight excluding hydrogens is 266 g/mol. The molecule has 0 unspecified atom stereocenters. The summed E-state index contributed by atoms with van der Waals surface area (Å²) in [6.45, 7) is 0. The first kappa shape index (κ1) is 14.4. The molecule has 0 fully saturated rings. The summed E-state index contributed by atoms with van der Waals surface area (Å²) in [4.78, 5) is 2.12. The quantitative estimate of drug-likeness (QED) is 0.624. The normalized spacial score (nSPS) is 10.7. The van der Waals surface area contributed by atoms with E-state index in [0.717, 1.165) is 0 Å². The van der Waals surface area contributed by atoms with Crippen molar-refractivity contribution in [3.63, 3.8) is 0 Å². The Morgan fingerprint density at radius 3 is 1.36 bits per heavy atom. The van der Waals surface area contributed by atoms with Gasteiger partial charge in [-0.25, -0.2) is 0 Å². The Labute approximate surface area is 132 Å². The minimum atomic E-state index is 1.21. The fraction of sp³-hybridized carbons (Fsp3) is 0.0952. The largest absolute Gasteiger partial charge is 0.378 e. The van der Waals surface area contributed by atoms with E-state index in [1.165, 1.54) is 28.3 Å². The monoisotopic (exact) mass is 286 g/mol. The van der Waals surface area contributed by atoms with Crippen LogP contribution >= 0.6 is 0 Å². The van der Waals surface area contributed by atoms with Crippen molar-refractivity contribution in [3.05, 3.63) is 108 Å². The van der Waals surface area contributed by atoms with Crippen molar-refractivity contribution < 1.29 is 0 Å². The molecule has 0 aliphatic rings. The fourth-order valence-corrected chi connectivity index (χ4v) is 2.64. The highest BCUT2D eigenvalue weighted by Crippen LogP contribution is 2.31. The zero-order chi connectivity index (χ0) is 15.4. The van der Waals surface area contributed by atoms with E-state index < -0.39 is 0 Å². The highest BCUT2D eigenvalue weighted by molar-refractivity contribution is 5.59. The predicted molar refractivity (Wildman–Crippen MR) is 94.2 cm³/mol. The molecule has 1 heteroatoms. The average molecular weight is 286 g/mol. The molecule has 109 valence electrons. The van der Waals surface area contributed by atoms with E-state index in [4.69, 9.17) is 0 Å². The maximum atomic E-state index is 2.20. The van der Waals surface area contributed by atoms with Crippen LogP contribution < -0.4 is 4.90 Å². The van der Waals surface area contributed by atoms with Crippen LogP contribution in [0.2, 0.25) is 0 Å². The van der Waals surface area contributed by atoms with E-state index >= 15 is 0 Å². The van der Waals surface area contributed by atoms with Gasteiger partial charge in [0.1, 0.15) is 0 Å². The van der Waals surface area contributed by atoms with E-state index in [0.29, 0.717) is 0 Å². The lowest BCUT2D eigenvalue weighted by Crippen LogP contribution is -2.09. The molecule has 0 saturated carbocycles. The van der Waals surface area contributed by atoms with E-state index in [2.05, 4.69) is 104 Å². The molecule has 0 amide bonds. The molecule has 0 spiro atoms. The molecule has 3 aromatic rings. The fourth-order valence-electron chi connectivity index (χ4n) is 2.64. The van der Waals surface area contributed by atoms with Gasteiger partial charge in [-0.1, -0.05) is 72.8 Å². The lowest BCUT2D eigenvalue weighted by Gasteiger charge is -2.19. The van der Waals surface area contributed by atoms with Gasteiger partial charge in [-0.05, 0) is 28.8 Å². The van der Waals surface area contributed by atoms with E-state index in [9.17, 15) is 0 Å². The molecule has 0 saturated heterocycles. The summed E-state index contributed by atoms with van der Waals surface area (Å²) in [6, 6.07) is 29.9. The van der Waals surface area contributed by atoms with Crippen LogP contribution in [0.15, 0.2) is 84.9 Å². The number of hydrogen-bond acceptors (Lipinski definition) is 1. The van der Waals surface area contributed by atoms with E-state index in [-0.39, 0.29) is 0 Å². The van der Waals surface area contributed by atoms with E-state index in [1.54, 1.807) is 0 Å². The summed E-state index contributed by atoms with van der Waals surface area (Å²) in [5, 5.41) is 0. The molecule has 0 aromatic heterocycles. The predicted octanol–water partition coefficient (Wildman–Crippen LogP) is 4.77. The average Bonchev–Trinajstić information content (AvgIpc) is 2.57. The molecule has 3 rings (SSSR count). The van der Waals surface area contributed by atoms with Crippen LogP contribution in [0.3, 0.4) is 0 Å².